The highest BCUT2D eigenvalue weighted by atomic mass is 32.1. The molecule has 2 nitrogen and oxygen atoms in total. The van der Waals surface area contributed by atoms with Gasteiger partial charge in [-0.25, -0.2) is 0 Å². The molecule has 0 fully saturated rings. The third-order valence-electron chi connectivity index (χ3n) is 2.59. The first-order chi connectivity index (χ1) is 8.34. The van der Waals surface area contributed by atoms with Gasteiger partial charge in [0.15, 0.2) is 0 Å². The number of thiocarbonyl (C=S) groups is 1. The van der Waals surface area contributed by atoms with E-state index in [0.717, 1.165) is 4.88 Å². The number of alkyl halides is 3. The second-order valence-corrected chi connectivity index (χ2v) is 5.41. The van der Waals surface area contributed by atoms with E-state index in [0.29, 0.717) is 13.1 Å². The second-order valence-electron chi connectivity index (χ2n) is 3.90. The first-order valence-corrected chi connectivity index (χ1v) is 6.74. The van der Waals surface area contributed by atoms with Crippen LogP contribution in [0.5, 0.6) is 0 Å². The monoisotopic (exact) mass is 296 g/mol. The van der Waals surface area contributed by atoms with Gasteiger partial charge in [-0.05, 0) is 18.0 Å². The lowest BCUT2D eigenvalue weighted by atomic mass is 10.1. The van der Waals surface area contributed by atoms with Crippen LogP contribution in [0.2, 0.25) is 0 Å². The Morgan fingerprint density at radius 2 is 2.22 bits per heavy atom. The molecule has 102 valence electrons. The highest BCUT2D eigenvalue weighted by molar-refractivity contribution is 7.80. The molecule has 0 saturated heterocycles. The van der Waals surface area contributed by atoms with Gasteiger partial charge in [-0.15, -0.1) is 11.3 Å². The Bertz CT molecular complexity index is 376. The van der Waals surface area contributed by atoms with E-state index in [9.17, 15) is 13.2 Å². The van der Waals surface area contributed by atoms with Crippen molar-refractivity contribution in [1.82, 2.24) is 4.90 Å². The second kappa shape index (κ2) is 6.49. The first kappa shape index (κ1) is 15.4. The molecular formula is C11H15F3N2S2. The number of thiophene rings is 1. The predicted molar refractivity (Wildman–Crippen MR) is 71.6 cm³/mol. The van der Waals surface area contributed by atoms with Crippen molar-refractivity contribution in [2.45, 2.75) is 19.6 Å². The lowest BCUT2D eigenvalue weighted by Gasteiger charge is -2.26. The molecule has 0 aliphatic carbocycles. The van der Waals surface area contributed by atoms with Crippen LogP contribution in [0.25, 0.3) is 0 Å². The van der Waals surface area contributed by atoms with Gasteiger partial charge >= 0.3 is 6.18 Å². The van der Waals surface area contributed by atoms with Crippen molar-refractivity contribution < 1.29 is 13.2 Å². The quantitative estimate of drug-likeness (QED) is 0.818. The van der Waals surface area contributed by atoms with Gasteiger partial charge in [0, 0.05) is 18.0 Å². The Hall–Kier alpha value is -0.660. The van der Waals surface area contributed by atoms with Crippen LogP contribution in [-0.2, 0) is 6.54 Å². The lowest BCUT2D eigenvalue weighted by molar-refractivity contribution is -0.159. The van der Waals surface area contributed by atoms with Gasteiger partial charge in [0.1, 0.15) is 5.92 Å². The molecule has 0 bridgehead atoms. The number of rotatable bonds is 6. The van der Waals surface area contributed by atoms with Gasteiger partial charge in [-0.3, -0.25) is 4.90 Å². The van der Waals surface area contributed by atoms with Crippen LogP contribution in [0.15, 0.2) is 17.5 Å². The highest BCUT2D eigenvalue weighted by Crippen LogP contribution is 2.28. The van der Waals surface area contributed by atoms with Crippen LogP contribution < -0.4 is 5.73 Å². The van der Waals surface area contributed by atoms with E-state index in [1.165, 1.54) is 11.3 Å². The molecule has 0 aliphatic rings. The van der Waals surface area contributed by atoms with Gasteiger partial charge in [-0.2, -0.15) is 13.2 Å². The van der Waals surface area contributed by atoms with E-state index in [1.807, 2.05) is 24.4 Å². The molecule has 18 heavy (non-hydrogen) atoms. The predicted octanol–water partition coefficient (Wildman–Crippen LogP) is 3.03. The minimum atomic E-state index is -4.38. The summed E-state index contributed by atoms with van der Waals surface area (Å²) in [5, 5.41) is 1.90. The number of nitrogens with zero attached hydrogens (tertiary/aromatic N) is 1. The van der Waals surface area contributed by atoms with Gasteiger partial charge in [0.2, 0.25) is 0 Å². The fourth-order valence-electron chi connectivity index (χ4n) is 1.54. The summed E-state index contributed by atoms with van der Waals surface area (Å²) in [6, 6.07) is 3.78. The largest absolute Gasteiger partial charge is 0.399 e. The highest BCUT2D eigenvalue weighted by Gasteiger charge is 2.42. The molecule has 0 amide bonds. The average molecular weight is 296 g/mol. The van der Waals surface area contributed by atoms with Crippen LogP contribution in [-0.4, -0.2) is 29.2 Å². The zero-order valence-corrected chi connectivity index (χ0v) is 11.5. The molecule has 1 unspecified atom stereocenters. The minimum absolute atomic E-state index is 0.187. The summed E-state index contributed by atoms with van der Waals surface area (Å²) in [6.07, 6.45) is -4.38. The fraction of sp³-hybridized carbons (Fsp3) is 0.545. The van der Waals surface area contributed by atoms with Crippen LogP contribution in [0.4, 0.5) is 13.2 Å². The van der Waals surface area contributed by atoms with E-state index in [2.05, 4.69) is 12.2 Å². The number of hydrogen-bond donors (Lipinski definition) is 1. The standard InChI is InChI=1S/C11H15F3N2S2/c1-2-16(6-8-4-3-5-18-8)7-9(10(15)17)11(12,13)14/h3-5,9H,2,6-7H2,1H3,(H2,15,17). The molecule has 0 spiro atoms. The Balaban J connectivity index is 2.68. The Morgan fingerprint density at radius 1 is 1.56 bits per heavy atom. The van der Waals surface area contributed by atoms with Gasteiger partial charge in [-0.1, -0.05) is 25.2 Å². The molecule has 1 aromatic rings. The lowest BCUT2D eigenvalue weighted by Crippen LogP contribution is -2.43. The fourth-order valence-corrected chi connectivity index (χ4v) is 2.50. The zero-order chi connectivity index (χ0) is 13.8. The molecule has 1 aromatic heterocycles. The third kappa shape index (κ3) is 4.55. The zero-order valence-electron chi connectivity index (χ0n) is 9.91. The van der Waals surface area contributed by atoms with Crippen molar-refractivity contribution in [1.29, 1.82) is 0 Å². The molecule has 0 aliphatic heterocycles. The molecule has 1 heterocycles. The SMILES string of the molecule is CCN(Cc1cccs1)CC(C(N)=S)C(F)(F)F. The molecule has 7 heteroatoms. The third-order valence-corrected chi connectivity index (χ3v) is 3.73. The molecule has 1 rings (SSSR count). The van der Waals surface area contributed by atoms with Crippen molar-refractivity contribution in [3.63, 3.8) is 0 Å². The molecule has 0 radical (unpaired) electrons. The van der Waals surface area contributed by atoms with Crippen molar-refractivity contribution in [3.05, 3.63) is 22.4 Å². The average Bonchev–Trinajstić information content (AvgIpc) is 2.74. The normalized spacial score (nSPS) is 13.8. The number of halogens is 3. The van der Waals surface area contributed by atoms with Crippen molar-refractivity contribution in [2.75, 3.05) is 13.1 Å². The molecular weight excluding hydrogens is 281 g/mol. The number of nitrogens with two attached hydrogens (primary N) is 1. The van der Waals surface area contributed by atoms with Crippen LogP contribution >= 0.6 is 23.6 Å². The van der Waals surface area contributed by atoms with E-state index < -0.39 is 17.1 Å². The summed E-state index contributed by atoms with van der Waals surface area (Å²) in [5.41, 5.74) is 5.19. The Morgan fingerprint density at radius 3 is 2.61 bits per heavy atom. The van der Waals surface area contributed by atoms with Crippen LogP contribution in [0.1, 0.15) is 11.8 Å². The van der Waals surface area contributed by atoms with Crippen molar-refractivity contribution in [2.24, 2.45) is 11.7 Å². The Kier molecular flexibility index (Phi) is 5.55. The molecule has 1 atom stereocenters. The van der Waals surface area contributed by atoms with Crippen LogP contribution in [0.3, 0.4) is 0 Å². The molecule has 0 saturated carbocycles. The summed E-state index contributed by atoms with van der Waals surface area (Å²) >= 11 is 6.04. The van der Waals surface area contributed by atoms with E-state index in [-0.39, 0.29) is 6.54 Å². The Labute approximate surface area is 114 Å². The smallest absolute Gasteiger partial charge is 0.393 e. The maximum absolute atomic E-state index is 12.8. The van der Waals surface area contributed by atoms with Gasteiger partial charge in [0.25, 0.3) is 0 Å². The minimum Gasteiger partial charge on any atom is -0.393 e. The maximum Gasteiger partial charge on any atom is 0.399 e. The summed E-state index contributed by atoms with van der Waals surface area (Å²) in [5.74, 6) is -1.74. The number of hydrogen-bond acceptors (Lipinski definition) is 3. The summed E-state index contributed by atoms with van der Waals surface area (Å²) in [7, 11) is 0. The van der Waals surface area contributed by atoms with Gasteiger partial charge < -0.3 is 5.73 Å². The molecule has 0 aromatic carbocycles. The van der Waals surface area contributed by atoms with E-state index in [1.54, 1.807) is 4.90 Å². The van der Waals surface area contributed by atoms with Crippen molar-refractivity contribution >= 4 is 28.5 Å². The summed E-state index contributed by atoms with van der Waals surface area (Å²) < 4.78 is 38.3. The molecule has 2 N–H and O–H groups in total. The summed E-state index contributed by atoms with van der Waals surface area (Å²) in [6.45, 7) is 2.64. The van der Waals surface area contributed by atoms with Crippen molar-refractivity contribution in [3.8, 4) is 0 Å². The maximum atomic E-state index is 12.8. The van der Waals surface area contributed by atoms with Gasteiger partial charge in [0.05, 0.1) is 4.99 Å². The summed E-state index contributed by atoms with van der Waals surface area (Å²) in [4.78, 5) is 2.23. The topological polar surface area (TPSA) is 29.3 Å². The van der Waals surface area contributed by atoms with E-state index >= 15 is 0 Å². The first-order valence-electron chi connectivity index (χ1n) is 5.45. The van der Waals surface area contributed by atoms with Crippen LogP contribution in [0, 0.1) is 5.92 Å². The van der Waals surface area contributed by atoms with E-state index in [4.69, 9.17) is 5.73 Å².